The van der Waals surface area contributed by atoms with Gasteiger partial charge in [0.05, 0.1) is 12.0 Å². The van der Waals surface area contributed by atoms with E-state index < -0.39 is 48.9 Å². The number of hydrogen-bond acceptors (Lipinski definition) is 10. The van der Waals surface area contributed by atoms with Crippen molar-refractivity contribution in [3.8, 4) is 17.1 Å². The first-order valence-electron chi connectivity index (χ1n) is 15.8. The third-order valence-electron chi connectivity index (χ3n) is 7.34. The van der Waals surface area contributed by atoms with Crippen LogP contribution in [-0.4, -0.2) is 47.5 Å². The minimum Gasteiger partial charge on any atom is -0.481 e. The quantitative estimate of drug-likeness (QED) is 0.0956. The highest BCUT2D eigenvalue weighted by molar-refractivity contribution is 6.00. The molecule has 260 valence electrons. The number of esters is 3. The zero-order valence-electron chi connectivity index (χ0n) is 27.2. The van der Waals surface area contributed by atoms with Crippen molar-refractivity contribution in [3.63, 3.8) is 0 Å². The van der Waals surface area contributed by atoms with Crippen molar-refractivity contribution in [1.29, 1.82) is 0 Å². The zero-order chi connectivity index (χ0) is 36.0. The highest BCUT2D eigenvalue weighted by Gasteiger charge is 2.28. The van der Waals surface area contributed by atoms with Crippen LogP contribution in [0, 0.1) is 0 Å². The topological polar surface area (TPSA) is 168 Å². The molecule has 0 aliphatic carbocycles. The molecule has 5 rings (SSSR count). The van der Waals surface area contributed by atoms with Gasteiger partial charge in [-0.2, -0.15) is 0 Å². The van der Waals surface area contributed by atoms with E-state index in [1.54, 1.807) is 72.8 Å². The number of ether oxygens (including phenoxy) is 4. The van der Waals surface area contributed by atoms with E-state index in [4.69, 9.17) is 23.4 Å². The number of carboxylic acid groups (broad SMARTS) is 1. The lowest BCUT2D eigenvalue weighted by Gasteiger charge is -2.19. The summed E-state index contributed by atoms with van der Waals surface area (Å²) >= 11 is 0. The Morgan fingerprint density at radius 2 is 1.20 bits per heavy atom. The van der Waals surface area contributed by atoms with Crippen molar-refractivity contribution in [2.75, 3.05) is 6.61 Å². The van der Waals surface area contributed by atoms with Crippen molar-refractivity contribution in [2.45, 2.75) is 32.3 Å². The standard InChI is InChI=1S/C39H33NO11/c41-35(48-22-26-10-4-1-5-11-26)21-31(39(46)50-24-28-14-8-3-9-15-28)40-37(43)30-17-16-29(32-18-19-33(51-32)38(44)45)20-34(30)47-25-36(42)49-23-27-12-6-2-7-13-27/h1-20,31H,21-25H2,(H,40,43)(H,44,45)/t31-/m0/s1. The molecule has 51 heavy (non-hydrogen) atoms. The summed E-state index contributed by atoms with van der Waals surface area (Å²) in [7, 11) is 0. The molecule has 2 N–H and O–H groups in total. The molecular formula is C39H33NO11. The van der Waals surface area contributed by atoms with Crippen molar-refractivity contribution in [1.82, 2.24) is 5.32 Å². The number of furan rings is 1. The van der Waals surface area contributed by atoms with Gasteiger partial charge in [-0.1, -0.05) is 97.1 Å². The molecule has 0 saturated heterocycles. The van der Waals surface area contributed by atoms with E-state index in [0.717, 1.165) is 11.1 Å². The number of rotatable bonds is 16. The Kier molecular flexibility index (Phi) is 12.3. The third-order valence-corrected chi connectivity index (χ3v) is 7.34. The summed E-state index contributed by atoms with van der Waals surface area (Å²) in [6.07, 6.45) is -0.545. The van der Waals surface area contributed by atoms with Gasteiger partial charge in [0.2, 0.25) is 5.76 Å². The molecule has 1 amide bonds. The molecule has 0 saturated carbocycles. The van der Waals surface area contributed by atoms with E-state index in [-0.39, 0.29) is 42.7 Å². The van der Waals surface area contributed by atoms with Crippen LogP contribution in [0.4, 0.5) is 0 Å². The molecule has 0 spiro atoms. The summed E-state index contributed by atoms with van der Waals surface area (Å²) in [6, 6.07) is 32.2. The molecule has 0 fully saturated rings. The van der Waals surface area contributed by atoms with E-state index >= 15 is 0 Å². The number of carboxylic acids is 1. The second-order valence-electron chi connectivity index (χ2n) is 11.1. The van der Waals surface area contributed by atoms with Crippen molar-refractivity contribution < 1.29 is 52.4 Å². The molecule has 12 nitrogen and oxygen atoms in total. The van der Waals surface area contributed by atoms with E-state index in [0.29, 0.717) is 11.1 Å². The summed E-state index contributed by atoms with van der Waals surface area (Å²) in [5.41, 5.74) is 2.40. The molecule has 0 aliphatic heterocycles. The van der Waals surface area contributed by atoms with Gasteiger partial charge in [0, 0.05) is 5.56 Å². The van der Waals surface area contributed by atoms with E-state index in [2.05, 4.69) is 5.32 Å². The Labute approximate surface area is 292 Å². The molecule has 0 unspecified atom stereocenters. The maximum absolute atomic E-state index is 13.7. The number of nitrogens with one attached hydrogen (secondary N) is 1. The molecule has 0 radical (unpaired) electrons. The van der Waals surface area contributed by atoms with Crippen LogP contribution in [-0.2, 0) is 48.4 Å². The van der Waals surface area contributed by atoms with Crippen molar-refractivity contribution in [2.24, 2.45) is 0 Å². The fourth-order valence-corrected chi connectivity index (χ4v) is 4.73. The number of carbonyl (C=O) groups is 5. The lowest BCUT2D eigenvalue weighted by molar-refractivity contribution is -0.153. The smallest absolute Gasteiger partial charge is 0.371 e. The Morgan fingerprint density at radius 3 is 1.75 bits per heavy atom. The van der Waals surface area contributed by atoms with Gasteiger partial charge in [-0.25, -0.2) is 14.4 Å². The van der Waals surface area contributed by atoms with Gasteiger partial charge in [-0.3, -0.25) is 9.59 Å². The minimum atomic E-state index is -1.46. The van der Waals surface area contributed by atoms with Crippen LogP contribution in [0.5, 0.6) is 5.75 Å². The maximum Gasteiger partial charge on any atom is 0.371 e. The van der Waals surface area contributed by atoms with Gasteiger partial charge in [0.25, 0.3) is 5.91 Å². The van der Waals surface area contributed by atoms with E-state index in [9.17, 15) is 29.1 Å². The van der Waals surface area contributed by atoms with Crippen LogP contribution in [0.3, 0.4) is 0 Å². The summed E-state index contributed by atoms with van der Waals surface area (Å²) in [4.78, 5) is 63.9. The molecule has 12 heteroatoms. The molecule has 1 atom stereocenters. The normalized spacial score (nSPS) is 11.1. The summed E-state index contributed by atoms with van der Waals surface area (Å²) < 4.78 is 27.2. The van der Waals surface area contributed by atoms with Gasteiger partial charge in [0.15, 0.2) is 6.61 Å². The largest absolute Gasteiger partial charge is 0.481 e. The first-order valence-corrected chi connectivity index (χ1v) is 15.8. The molecule has 1 aromatic heterocycles. The van der Waals surface area contributed by atoms with Crippen LogP contribution in [0.25, 0.3) is 11.3 Å². The van der Waals surface area contributed by atoms with Crippen molar-refractivity contribution >= 4 is 29.8 Å². The highest BCUT2D eigenvalue weighted by Crippen LogP contribution is 2.29. The monoisotopic (exact) mass is 691 g/mol. The average molecular weight is 692 g/mol. The van der Waals surface area contributed by atoms with Gasteiger partial charge in [-0.05, 0) is 41.0 Å². The first kappa shape index (κ1) is 35.6. The van der Waals surface area contributed by atoms with Crippen LogP contribution in [0.1, 0.15) is 44.0 Å². The van der Waals surface area contributed by atoms with Gasteiger partial charge in [-0.15, -0.1) is 0 Å². The van der Waals surface area contributed by atoms with Crippen molar-refractivity contribution in [3.05, 3.63) is 149 Å². The molecule has 1 heterocycles. The molecule has 5 aromatic rings. The second-order valence-corrected chi connectivity index (χ2v) is 11.1. The fourth-order valence-electron chi connectivity index (χ4n) is 4.73. The third kappa shape index (κ3) is 10.6. The number of benzene rings is 4. The Hall–Kier alpha value is -6.69. The van der Waals surface area contributed by atoms with Gasteiger partial charge < -0.3 is 33.8 Å². The highest BCUT2D eigenvalue weighted by atomic mass is 16.6. The van der Waals surface area contributed by atoms with Crippen LogP contribution < -0.4 is 10.1 Å². The van der Waals surface area contributed by atoms with Crippen LogP contribution >= 0.6 is 0 Å². The Bertz CT molecular complexity index is 1960. The zero-order valence-corrected chi connectivity index (χ0v) is 27.2. The Balaban J connectivity index is 1.34. The average Bonchev–Trinajstić information content (AvgIpc) is 3.66. The van der Waals surface area contributed by atoms with Gasteiger partial charge in [0.1, 0.15) is 37.4 Å². The summed E-state index contributed by atoms with van der Waals surface area (Å²) in [6.45, 7) is -0.756. The predicted octanol–water partition coefficient (Wildman–Crippen LogP) is 5.74. The number of amides is 1. The predicted molar refractivity (Wildman–Crippen MR) is 181 cm³/mol. The fraction of sp³-hybridized carbons (Fsp3) is 0.154. The van der Waals surface area contributed by atoms with Gasteiger partial charge >= 0.3 is 23.9 Å². The maximum atomic E-state index is 13.7. The minimum absolute atomic E-state index is 0.00603. The molecular weight excluding hydrogens is 658 g/mol. The number of hydrogen-bond donors (Lipinski definition) is 2. The molecule has 0 aliphatic rings. The summed E-state index contributed by atoms with van der Waals surface area (Å²) in [5.74, 6) is -4.76. The SMILES string of the molecule is O=C(COc1cc(-c2ccc(C(=O)O)o2)ccc1C(=O)N[C@@H](CC(=O)OCc1ccccc1)C(=O)OCc1ccccc1)OCc1ccccc1. The first-order chi connectivity index (χ1) is 24.7. The second kappa shape index (κ2) is 17.6. The van der Waals surface area contributed by atoms with Crippen LogP contribution in [0.15, 0.2) is 126 Å². The van der Waals surface area contributed by atoms with E-state index in [1.807, 2.05) is 18.2 Å². The van der Waals surface area contributed by atoms with E-state index in [1.165, 1.54) is 30.3 Å². The lowest BCUT2D eigenvalue weighted by atomic mass is 10.1. The lowest BCUT2D eigenvalue weighted by Crippen LogP contribution is -2.43. The molecule has 4 aromatic carbocycles. The summed E-state index contributed by atoms with van der Waals surface area (Å²) in [5, 5.41) is 11.8. The van der Waals surface area contributed by atoms with Crippen LogP contribution in [0.2, 0.25) is 0 Å². The Morgan fingerprint density at radius 1 is 0.647 bits per heavy atom. The number of aromatic carboxylic acids is 1. The number of carbonyl (C=O) groups excluding carboxylic acids is 4. The molecule has 0 bridgehead atoms.